The predicted octanol–water partition coefficient (Wildman–Crippen LogP) is 1.35. The standard InChI is InChI=1S/C15H24N2O2/c1-2-19-12-4-9-16-10-11-17-14-6-3-5-13(14)7-8-15(17)18/h7-8,16H,2-6,9-12H2,1H3. The number of rotatable bonds is 8. The molecule has 1 aromatic rings. The van der Waals surface area contributed by atoms with E-state index in [-0.39, 0.29) is 5.56 Å². The highest BCUT2D eigenvalue weighted by molar-refractivity contribution is 5.25. The van der Waals surface area contributed by atoms with Crippen molar-refractivity contribution >= 4 is 0 Å². The Morgan fingerprint density at radius 2 is 2.21 bits per heavy atom. The van der Waals surface area contributed by atoms with Gasteiger partial charge in [0, 0.05) is 38.1 Å². The first-order chi connectivity index (χ1) is 9.33. The monoisotopic (exact) mass is 264 g/mol. The highest BCUT2D eigenvalue weighted by Gasteiger charge is 2.14. The minimum absolute atomic E-state index is 0.136. The summed E-state index contributed by atoms with van der Waals surface area (Å²) in [6.45, 7) is 6.18. The maximum atomic E-state index is 11.9. The molecule has 19 heavy (non-hydrogen) atoms. The van der Waals surface area contributed by atoms with Gasteiger partial charge in [-0.05, 0) is 44.7 Å². The predicted molar refractivity (Wildman–Crippen MR) is 76.7 cm³/mol. The fraction of sp³-hybridized carbons (Fsp3) is 0.667. The summed E-state index contributed by atoms with van der Waals surface area (Å²) < 4.78 is 7.23. The summed E-state index contributed by atoms with van der Waals surface area (Å²) in [7, 11) is 0. The van der Waals surface area contributed by atoms with E-state index in [1.807, 2.05) is 17.6 Å². The molecule has 0 spiro atoms. The molecule has 0 saturated carbocycles. The van der Waals surface area contributed by atoms with Gasteiger partial charge >= 0.3 is 0 Å². The Bertz CT molecular complexity index is 454. The third-order valence-electron chi connectivity index (χ3n) is 3.61. The highest BCUT2D eigenvalue weighted by atomic mass is 16.5. The van der Waals surface area contributed by atoms with Crippen LogP contribution in [0, 0.1) is 0 Å². The molecule has 1 N–H and O–H groups in total. The third-order valence-corrected chi connectivity index (χ3v) is 3.61. The topological polar surface area (TPSA) is 43.3 Å². The van der Waals surface area contributed by atoms with Crippen LogP contribution in [-0.4, -0.2) is 30.9 Å². The molecule has 106 valence electrons. The van der Waals surface area contributed by atoms with E-state index in [1.54, 1.807) is 6.07 Å². The number of aromatic nitrogens is 1. The average Bonchev–Trinajstić information content (AvgIpc) is 2.88. The first-order valence-electron chi connectivity index (χ1n) is 7.33. The summed E-state index contributed by atoms with van der Waals surface area (Å²) in [6.07, 6.45) is 4.38. The summed E-state index contributed by atoms with van der Waals surface area (Å²) in [5, 5.41) is 3.37. The van der Waals surface area contributed by atoms with Crippen LogP contribution in [0.2, 0.25) is 0 Å². The molecule has 0 saturated heterocycles. The van der Waals surface area contributed by atoms with Crippen molar-refractivity contribution in [3.8, 4) is 0 Å². The smallest absolute Gasteiger partial charge is 0.250 e. The van der Waals surface area contributed by atoms with Gasteiger partial charge in [0.2, 0.25) is 0 Å². The van der Waals surface area contributed by atoms with Gasteiger partial charge in [0.1, 0.15) is 0 Å². The molecule has 1 heterocycles. The minimum atomic E-state index is 0.136. The Labute approximate surface area is 114 Å². The molecule has 0 fully saturated rings. The lowest BCUT2D eigenvalue weighted by molar-refractivity contribution is 0.145. The van der Waals surface area contributed by atoms with Crippen LogP contribution in [0.25, 0.3) is 0 Å². The minimum Gasteiger partial charge on any atom is -0.382 e. The number of fused-ring (bicyclic) bond motifs is 1. The Morgan fingerprint density at radius 3 is 3.05 bits per heavy atom. The molecule has 0 amide bonds. The summed E-state index contributed by atoms with van der Waals surface area (Å²) in [4.78, 5) is 11.9. The Hall–Kier alpha value is -1.13. The van der Waals surface area contributed by atoms with E-state index in [4.69, 9.17) is 4.74 Å². The Balaban J connectivity index is 1.77. The fourth-order valence-corrected chi connectivity index (χ4v) is 2.64. The molecule has 1 aromatic heterocycles. The van der Waals surface area contributed by atoms with Crippen molar-refractivity contribution in [3.05, 3.63) is 33.7 Å². The van der Waals surface area contributed by atoms with E-state index < -0.39 is 0 Å². The largest absolute Gasteiger partial charge is 0.382 e. The van der Waals surface area contributed by atoms with Crippen molar-refractivity contribution in [1.29, 1.82) is 0 Å². The molecule has 0 radical (unpaired) electrons. The van der Waals surface area contributed by atoms with E-state index in [9.17, 15) is 4.79 Å². The number of nitrogens with zero attached hydrogens (tertiary/aromatic N) is 1. The number of nitrogens with one attached hydrogen (secondary N) is 1. The van der Waals surface area contributed by atoms with Crippen LogP contribution in [0.15, 0.2) is 16.9 Å². The van der Waals surface area contributed by atoms with Gasteiger partial charge in [0.05, 0.1) is 0 Å². The molecule has 4 nitrogen and oxygen atoms in total. The van der Waals surface area contributed by atoms with Gasteiger partial charge in [-0.1, -0.05) is 6.07 Å². The average molecular weight is 264 g/mol. The SMILES string of the molecule is CCOCCCNCCn1c2c(ccc1=O)CCC2. The van der Waals surface area contributed by atoms with Gasteiger partial charge in [-0.2, -0.15) is 0 Å². The van der Waals surface area contributed by atoms with Gasteiger partial charge in [-0.25, -0.2) is 0 Å². The Morgan fingerprint density at radius 1 is 1.32 bits per heavy atom. The molecule has 4 heteroatoms. The molecule has 0 bridgehead atoms. The summed E-state index contributed by atoms with van der Waals surface area (Å²) in [5.74, 6) is 0. The van der Waals surface area contributed by atoms with Crippen LogP contribution < -0.4 is 10.9 Å². The van der Waals surface area contributed by atoms with Gasteiger partial charge in [-0.15, -0.1) is 0 Å². The maximum absolute atomic E-state index is 11.9. The summed E-state index contributed by atoms with van der Waals surface area (Å²) in [6, 6.07) is 3.70. The zero-order chi connectivity index (χ0) is 13.5. The van der Waals surface area contributed by atoms with Crippen molar-refractivity contribution < 1.29 is 4.74 Å². The number of ether oxygens (including phenoxy) is 1. The molecule has 0 aliphatic heterocycles. The number of aryl methyl sites for hydroxylation is 1. The second-order valence-electron chi connectivity index (χ2n) is 4.95. The molecule has 1 aliphatic rings. The lowest BCUT2D eigenvalue weighted by atomic mass is 10.2. The van der Waals surface area contributed by atoms with Gasteiger partial charge in [0.15, 0.2) is 0 Å². The highest BCUT2D eigenvalue weighted by Crippen LogP contribution is 2.19. The van der Waals surface area contributed by atoms with E-state index in [0.717, 1.165) is 52.1 Å². The van der Waals surface area contributed by atoms with Gasteiger partial charge < -0.3 is 14.6 Å². The van der Waals surface area contributed by atoms with Crippen LogP contribution in [0.1, 0.15) is 31.0 Å². The van der Waals surface area contributed by atoms with Crippen LogP contribution in [0.5, 0.6) is 0 Å². The molecule has 0 atom stereocenters. The maximum Gasteiger partial charge on any atom is 0.250 e. The zero-order valence-electron chi connectivity index (χ0n) is 11.8. The van der Waals surface area contributed by atoms with E-state index >= 15 is 0 Å². The second kappa shape index (κ2) is 7.46. The number of hydrogen-bond acceptors (Lipinski definition) is 3. The van der Waals surface area contributed by atoms with Crippen LogP contribution in [0.4, 0.5) is 0 Å². The molecular weight excluding hydrogens is 240 g/mol. The van der Waals surface area contributed by atoms with E-state index in [2.05, 4.69) is 5.32 Å². The van der Waals surface area contributed by atoms with Crippen LogP contribution >= 0.6 is 0 Å². The molecule has 0 unspecified atom stereocenters. The second-order valence-corrected chi connectivity index (χ2v) is 4.95. The van der Waals surface area contributed by atoms with Crippen LogP contribution in [0.3, 0.4) is 0 Å². The van der Waals surface area contributed by atoms with Crippen molar-refractivity contribution in [3.63, 3.8) is 0 Å². The summed E-state index contributed by atoms with van der Waals surface area (Å²) in [5.41, 5.74) is 2.75. The van der Waals surface area contributed by atoms with Crippen LogP contribution in [-0.2, 0) is 24.1 Å². The molecule has 1 aliphatic carbocycles. The van der Waals surface area contributed by atoms with Gasteiger partial charge in [0.25, 0.3) is 5.56 Å². The summed E-state index contributed by atoms with van der Waals surface area (Å²) >= 11 is 0. The third kappa shape index (κ3) is 3.91. The van der Waals surface area contributed by atoms with E-state index in [1.165, 1.54) is 17.7 Å². The van der Waals surface area contributed by atoms with Crippen molar-refractivity contribution in [1.82, 2.24) is 9.88 Å². The molecule has 0 aromatic carbocycles. The fourth-order valence-electron chi connectivity index (χ4n) is 2.64. The zero-order valence-corrected chi connectivity index (χ0v) is 11.8. The quantitative estimate of drug-likeness (QED) is 0.721. The first kappa shape index (κ1) is 14.3. The Kier molecular flexibility index (Phi) is 5.61. The van der Waals surface area contributed by atoms with Crippen molar-refractivity contribution in [2.45, 2.75) is 39.2 Å². The number of hydrogen-bond donors (Lipinski definition) is 1. The first-order valence-corrected chi connectivity index (χ1v) is 7.33. The molecule has 2 rings (SSSR count). The lowest BCUT2D eigenvalue weighted by Crippen LogP contribution is -2.29. The number of pyridine rings is 1. The molecular formula is C15H24N2O2. The van der Waals surface area contributed by atoms with Crippen molar-refractivity contribution in [2.75, 3.05) is 26.3 Å². The van der Waals surface area contributed by atoms with E-state index in [0.29, 0.717) is 0 Å². The lowest BCUT2D eigenvalue weighted by Gasteiger charge is -2.12. The van der Waals surface area contributed by atoms with Gasteiger partial charge in [-0.3, -0.25) is 4.79 Å². The normalized spacial score (nSPS) is 13.7. The van der Waals surface area contributed by atoms with Crippen molar-refractivity contribution in [2.24, 2.45) is 0 Å².